The standard InChI is InChI=1S/C9H10N2S/c1-6(10)7-2-3-8-9(4-7)12-5-11-8/h2-6H,10H2,1H3/t6-/m0/s1. The summed E-state index contributed by atoms with van der Waals surface area (Å²) in [4.78, 5) is 4.20. The average molecular weight is 178 g/mol. The van der Waals surface area contributed by atoms with E-state index in [2.05, 4.69) is 11.1 Å². The predicted octanol–water partition coefficient (Wildman–Crippen LogP) is 2.32. The molecular weight excluding hydrogens is 168 g/mol. The van der Waals surface area contributed by atoms with Crippen LogP contribution >= 0.6 is 11.3 Å². The van der Waals surface area contributed by atoms with Gasteiger partial charge < -0.3 is 5.73 Å². The highest BCUT2D eigenvalue weighted by Crippen LogP contribution is 2.21. The Kier molecular flexibility index (Phi) is 1.83. The van der Waals surface area contributed by atoms with Crippen molar-refractivity contribution >= 4 is 21.6 Å². The minimum absolute atomic E-state index is 0.108. The van der Waals surface area contributed by atoms with Crippen molar-refractivity contribution in [1.82, 2.24) is 4.98 Å². The van der Waals surface area contributed by atoms with Crippen molar-refractivity contribution in [2.45, 2.75) is 13.0 Å². The van der Waals surface area contributed by atoms with Crippen molar-refractivity contribution in [3.8, 4) is 0 Å². The summed E-state index contributed by atoms with van der Waals surface area (Å²) in [6.07, 6.45) is 0. The maximum atomic E-state index is 5.76. The van der Waals surface area contributed by atoms with E-state index in [1.807, 2.05) is 24.6 Å². The molecule has 2 rings (SSSR count). The Morgan fingerprint density at radius 1 is 1.50 bits per heavy atom. The van der Waals surface area contributed by atoms with Crippen LogP contribution in [-0.2, 0) is 0 Å². The Hall–Kier alpha value is -0.930. The van der Waals surface area contributed by atoms with Gasteiger partial charge in [-0.1, -0.05) is 6.07 Å². The fraction of sp³-hybridized carbons (Fsp3) is 0.222. The Balaban J connectivity index is 2.60. The second-order valence-electron chi connectivity index (χ2n) is 2.87. The van der Waals surface area contributed by atoms with Crippen molar-refractivity contribution in [3.05, 3.63) is 29.3 Å². The summed E-state index contributed by atoms with van der Waals surface area (Å²) in [7, 11) is 0. The molecule has 0 bridgehead atoms. The van der Waals surface area contributed by atoms with Crippen molar-refractivity contribution in [1.29, 1.82) is 0 Å². The van der Waals surface area contributed by atoms with E-state index in [-0.39, 0.29) is 6.04 Å². The van der Waals surface area contributed by atoms with Crippen LogP contribution in [-0.4, -0.2) is 4.98 Å². The molecule has 3 heteroatoms. The normalized spacial score (nSPS) is 13.5. The lowest BCUT2D eigenvalue weighted by atomic mass is 10.1. The summed E-state index contributed by atoms with van der Waals surface area (Å²) in [6.45, 7) is 1.99. The van der Waals surface area contributed by atoms with E-state index in [9.17, 15) is 0 Å². The highest BCUT2D eigenvalue weighted by Gasteiger charge is 2.01. The SMILES string of the molecule is C[C@H](N)c1ccc2ncsc2c1. The first-order chi connectivity index (χ1) is 5.77. The van der Waals surface area contributed by atoms with Crippen molar-refractivity contribution in [2.24, 2.45) is 5.73 Å². The van der Waals surface area contributed by atoms with Crippen LogP contribution < -0.4 is 5.73 Å². The van der Waals surface area contributed by atoms with Gasteiger partial charge in [0.1, 0.15) is 0 Å². The molecule has 62 valence electrons. The fourth-order valence-electron chi connectivity index (χ4n) is 1.15. The third kappa shape index (κ3) is 1.21. The quantitative estimate of drug-likeness (QED) is 0.727. The lowest BCUT2D eigenvalue weighted by Gasteiger charge is -2.03. The molecule has 0 aliphatic heterocycles. The zero-order chi connectivity index (χ0) is 8.55. The molecule has 0 aliphatic carbocycles. The third-order valence-corrected chi connectivity index (χ3v) is 2.67. The van der Waals surface area contributed by atoms with Gasteiger partial charge >= 0.3 is 0 Å². The molecule has 12 heavy (non-hydrogen) atoms. The van der Waals surface area contributed by atoms with Crippen LogP contribution in [0.2, 0.25) is 0 Å². The maximum absolute atomic E-state index is 5.76. The Bertz CT molecular complexity index is 392. The number of nitrogens with two attached hydrogens (primary N) is 1. The van der Waals surface area contributed by atoms with E-state index in [1.165, 1.54) is 10.3 Å². The number of rotatable bonds is 1. The largest absolute Gasteiger partial charge is 0.324 e. The number of fused-ring (bicyclic) bond motifs is 1. The van der Waals surface area contributed by atoms with Crippen LogP contribution in [0.4, 0.5) is 0 Å². The predicted molar refractivity (Wildman–Crippen MR) is 52.2 cm³/mol. The molecule has 2 nitrogen and oxygen atoms in total. The third-order valence-electron chi connectivity index (χ3n) is 1.88. The summed E-state index contributed by atoms with van der Waals surface area (Å²) in [5.41, 5.74) is 9.85. The molecule has 2 N–H and O–H groups in total. The van der Waals surface area contributed by atoms with E-state index < -0.39 is 0 Å². The molecule has 0 fully saturated rings. The number of nitrogens with zero attached hydrogens (tertiary/aromatic N) is 1. The molecule has 1 aromatic carbocycles. The Morgan fingerprint density at radius 3 is 3.08 bits per heavy atom. The number of benzene rings is 1. The number of aromatic nitrogens is 1. The van der Waals surface area contributed by atoms with E-state index in [0.717, 1.165) is 5.52 Å². The molecule has 1 aromatic heterocycles. The number of hydrogen-bond donors (Lipinski definition) is 1. The maximum Gasteiger partial charge on any atom is 0.0812 e. The molecule has 0 saturated heterocycles. The van der Waals surface area contributed by atoms with Crippen LogP contribution in [0.25, 0.3) is 10.2 Å². The lowest BCUT2D eigenvalue weighted by molar-refractivity contribution is 0.820. The molecular formula is C9H10N2S. The average Bonchev–Trinajstić information content (AvgIpc) is 2.49. The van der Waals surface area contributed by atoms with Gasteiger partial charge in [0.15, 0.2) is 0 Å². The first kappa shape index (κ1) is 7.71. The lowest BCUT2D eigenvalue weighted by Crippen LogP contribution is -2.03. The van der Waals surface area contributed by atoms with Crippen LogP contribution in [0.5, 0.6) is 0 Å². The summed E-state index contributed by atoms with van der Waals surface area (Å²) < 4.78 is 1.21. The van der Waals surface area contributed by atoms with Crippen LogP contribution in [0.3, 0.4) is 0 Å². The van der Waals surface area contributed by atoms with Crippen molar-refractivity contribution in [2.75, 3.05) is 0 Å². The highest BCUT2D eigenvalue weighted by atomic mass is 32.1. The minimum Gasteiger partial charge on any atom is -0.324 e. The van der Waals surface area contributed by atoms with E-state index >= 15 is 0 Å². The van der Waals surface area contributed by atoms with Gasteiger partial charge in [0.2, 0.25) is 0 Å². The van der Waals surface area contributed by atoms with Gasteiger partial charge in [-0.3, -0.25) is 0 Å². The molecule has 0 spiro atoms. The first-order valence-corrected chi connectivity index (χ1v) is 4.74. The summed E-state index contributed by atoms with van der Waals surface area (Å²) >= 11 is 1.65. The molecule has 0 radical (unpaired) electrons. The zero-order valence-electron chi connectivity index (χ0n) is 6.82. The highest BCUT2D eigenvalue weighted by molar-refractivity contribution is 7.16. The van der Waals surface area contributed by atoms with Gasteiger partial charge in [0.05, 0.1) is 15.7 Å². The van der Waals surface area contributed by atoms with Gasteiger partial charge in [-0.05, 0) is 24.6 Å². The van der Waals surface area contributed by atoms with Gasteiger partial charge in [0, 0.05) is 6.04 Å². The molecule has 0 amide bonds. The van der Waals surface area contributed by atoms with Gasteiger partial charge in [-0.25, -0.2) is 4.98 Å². The zero-order valence-corrected chi connectivity index (χ0v) is 7.64. The monoisotopic (exact) mass is 178 g/mol. The van der Waals surface area contributed by atoms with E-state index in [4.69, 9.17) is 5.73 Å². The fourth-order valence-corrected chi connectivity index (χ4v) is 1.88. The molecule has 2 aromatic rings. The first-order valence-electron chi connectivity index (χ1n) is 3.86. The topological polar surface area (TPSA) is 38.9 Å². The molecule has 0 saturated carbocycles. The minimum atomic E-state index is 0.108. The number of hydrogen-bond acceptors (Lipinski definition) is 3. The van der Waals surface area contributed by atoms with Crippen molar-refractivity contribution < 1.29 is 0 Å². The van der Waals surface area contributed by atoms with Gasteiger partial charge in [0.25, 0.3) is 0 Å². The smallest absolute Gasteiger partial charge is 0.0812 e. The molecule has 1 atom stereocenters. The second kappa shape index (κ2) is 2.84. The molecule has 1 heterocycles. The Morgan fingerprint density at radius 2 is 2.33 bits per heavy atom. The van der Waals surface area contributed by atoms with Gasteiger partial charge in [-0.2, -0.15) is 0 Å². The van der Waals surface area contributed by atoms with Gasteiger partial charge in [-0.15, -0.1) is 11.3 Å². The van der Waals surface area contributed by atoms with Crippen LogP contribution in [0.1, 0.15) is 18.5 Å². The van der Waals surface area contributed by atoms with Crippen LogP contribution in [0, 0.1) is 0 Å². The summed E-state index contributed by atoms with van der Waals surface area (Å²) in [5.74, 6) is 0. The Labute approximate surface area is 75.0 Å². The second-order valence-corrected chi connectivity index (χ2v) is 3.75. The van der Waals surface area contributed by atoms with Crippen LogP contribution in [0.15, 0.2) is 23.7 Å². The van der Waals surface area contributed by atoms with Crippen molar-refractivity contribution in [3.63, 3.8) is 0 Å². The summed E-state index contributed by atoms with van der Waals surface area (Å²) in [5, 5.41) is 0. The molecule has 0 aliphatic rings. The number of thiazole rings is 1. The van der Waals surface area contributed by atoms with E-state index in [1.54, 1.807) is 11.3 Å². The van der Waals surface area contributed by atoms with E-state index in [0.29, 0.717) is 0 Å². The summed E-state index contributed by atoms with van der Waals surface area (Å²) in [6, 6.07) is 6.27. The molecule has 0 unspecified atom stereocenters.